The number of urea groups is 1. The van der Waals surface area contributed by atoms with E-state index in [4.69, 9.17) is 0 Å². The predicted octanol–water partition coefficient (Wildman–Crippen LogP) is 2.17. The standard InChI is InChI=1S/C13H14N4O2/c1-9(18)10-2-4-11(5-3-10)16-13(19)17-12-6-14-8-15-7-12/h2-9,18H,1H3,(H2,16,17,19). The minimum absolute atomic E-state index is 0.375. The van der Waals surface area contributed by atoms with Crippen molar-refractivity contribution in [1.82, 2.24) is 9.97 Å². The number of aliphatic hydroxyl groups is 1. The van der Waals surface area contributed by atoms with E-state index in [9.17, 15) is 9.90 Å². The summed E-state index contributed by atoms with van der Waals surface area (Å²) in [6.45, 7) is 1.69. The van der Waals surface area contributed by atoms with Gasteiger partial charge in [0.2, 0.25) is 0 Å². The Hall–Kier alpha value is -2.47. The molecule has 0 aliphatic carbocycles. The summed E-state index contributed by atoms with van der Waals surface area (Å²) >= 11 is 0. The number of amides is 2. The lowest BCUT2D eigenvalue weighted by molar-refractivity contribution is 0.199. The third-order valence-corrected chi connectivity index (χ3v) is 2.47. The highest BCUT2D eigenvalue weighted by Gasteiger charge is 2.04. The van der Waals surface area contributed by atoms with Crippen LogP contribution in [0.4, 0.5) is 16.2 Å². The normalized spacial score (nSPS) is 11.7. The average Bonchev–Trinajstić information content (AvgIpc) is 2.40. The molecular formula is C13H14N4O2. The van der Waals surface area contributed by atoms with Crippen molar-refractivity contribution < 1.29 is 9.90 Å². The smallest absolute Gasteiger partial charge is 0.323 e. The number of hydrogen-bond acceptors (Lipinski definition) is 4. The van der Waals surface area contributed by atoms with Crippen LogP contribution in [0.3, 0.4) is 0 Å². The zero-order chi connectivity index (χ0) is 13.7. The van der Waals surface area contributed by atoms with Crippen LogP contribution in [0.25, 0.3) is 0 Å². The molecule has 2 aromatic rings. The molecule has 0 saturated heterocycles. The maximum absolute atomic E-state index is 11.7. The summed E-state index contributed by atoms with van der Waals surface area (Å²) in [4.78, 5) is 19.3. The zero-order valence-electron chi connectivity index (χ0n) is 10.4. The second kappa shape index (κ2) is 5.92. The van der Waals surface area contributed by atoms with E-state index >= 15 is 0 Å². The Kier molecular flexibility index (Phi) is 4.04. The first kappa shape index (κ1) is 13.0. The summed E-state index contributed by atoms with van der Waals surface area (Å²) in [5.41, 5.74) is 1.95. The van der Waals surface area contributed by atoms with Crippen LogP contribution in [0.2, 0.25) is 0 Å². The molecule has 6 heteroatoms. The Balaban J connectivity index is 1.95. The molecule has 2 amide bonds. The van der Waals surface area contributed by atoms with Crippen LogP contribution in [0, 0.1) is 0 Å². The number of aliphatic hydroxyl groups excluding tert-OH is 1. The predicted molar refractivity (Wildman–Crippen MR) is 71.7 cm³/mol. The van der Waals surface area contributed by atoms with Crippen LogP contribution < -0.4 is 10.6 Å². The summed E-state index contributed by atoms with van der Waals surface area (Å²) < 4.78 is 0. The highest BCUT2D eigenvalue weighted by molar-refractivity contribution is 5.99. The van der Waals surface area contributed by atoms with Crippen LogP contribution in [-0.4, -0.2) is 21.1 Å². The Morgan fingerprint density at radius 2 is 1.68 bits per heavy atom. The van der Waals surface area contributed by atoms with E-state index in [1.54, 1.807) is 31.2 Å². The lowest BCUT2D eigenvalue weighted by Gasteiger charge is -2.08. The van der Waals surface area contributed by atoms with Gasteiger partial charge >= 0.3 is 6.03 Å². The monoisotopic (exact) mass is 258 g/mol. The number of hydrogen-bond donors (Lipinski definition) is 3. The molecule has 1 unspecified atom stereocenters. The van der Waals surface area contributed by atoms with Crippen molar-refractivity contribution in [3.8, 4) is 0 Å². The second-order valence-corrected chi connectivity index (χ2v) is 4.00. The average molecular weight is 258 g/mol. The van der Waals surface area contributed by atoms with Crippen molar-refractivity contribution in [2.45, 2.75) is 13.0 Å². The Bertz CT molecular complexity index is 540. The quantitative estimate of drug-likeness (QED) is 0.787. The lowest BCUT2D eigenvalue weighted by Crippen LogP contribution is -2.19. The van der Waals surface area contributed by atoms with Crippen LogP contribution in [-0.2, 0) is 0 Å². The van der Waals surface area contributed by atoms with Gasteiger partial charge in [0.25, 0.3) is 0 Å². The van der Waals surface area contributed by atoms with E-state index < -0.39 is 6.10 Å². The van der Waals surface area contributed by atoms with E-state index in [2.05, 4.69) is 20.6 Å². The number of rotatable bonds is 3. The van der Waals surface area contributed by atoms with Gasteiger partial charge in [-0.3, -0.25) is 0 Å². The lowest BCUT2D eigenvalue weighted by atomic mass is 10.1. The summed E-state index contributed by atoms with van der Waals surface area (Å²) in [5, 5.41) is 14.7. The molecule has 19 heavy (non-hydrogen) atoms. The number of nitrogens with zero attached hydrogens (tertiary/aromatic N) is 2. The van der Waals surface area contributed by atoms with Crippen molar-refractivity contribution in [3.05, 3.63) is 48.5 Å². The number of carbonyl (C=O) groups excluding carboxylic acids is 1. The van der Waals surface area contributed by atoms with Crippen LogP contribution in [0.5, 0.6) is 0 Å². The van der Waals surface area contributed by atoms with E-state index in [0.717, 1.165) is 5.56 Å². The molecule has 0 bridgehead atoms. The van der Waals surface area contributed by atoms with Gasteiger partial charge in [-0.05, 0) is 24.6 Å². The minimum Gasteiger partial charge on any atom is -0.389 e. The van der Waals surface area contributed by atoms with Crippen LogP contribution in [0.15, 0.2) is 43.0 Å². The molecule has 1 heterocycles. The SMILES string of the molecule is CC(O)c1ccc(NC(=O)Nc2cncnc2)cc1. The molecule has 3 N–H and O–H groups in total. The molecule has 0 fully saturated rings. The number of carbonyl (C=O) groups is 1. The van der Waals surface area contributed by atoms with Crippen molar-refractivity contribution in [2.24, 2.45) is 0 Å². The summed E-state index contributed by atoms with van der Waals surface area (Å²) in [7, 11) is 0. The van der Waals surface area contributed by atoms with E-state index in [1.165, 1.54) is 18.7 Å². The fourth-order valence-corrected chi connectivity index (χ4v) is 1.50. The van der Waals surface area contributed by atoms with Gasteiger partial charge in [0.15, 0.2) is 0 Å². The zero-order valence-corrected chi connectivity index (χ0v) is 10.4. The Morgan fingerprint density at radius 1 is 1.11 bits per heavy atom. The van der Waals surface area contributed by atoms with Gasteiger partial charge in [0.05, 0.1) is 24.2 Å². The highest BCUT2D eigenvalue weighted by atomic mass is 16.3. The molecule has 1 atom stereocenters. The van der Waals surface area contributed by atoms with Gasteiger partial charge in [-0.15, -0.1) is 0 Å². The highest BCUT2D eigenvalue weighted by Crippen LogP contribution is 2.15. The maximum atomic E-state index is 11.7. The van der Waals surface area contributed by atoms with Crippen molar-refractivity contribution in [3.63, 3.8) is 0 Å². The van der Waals surface area contributed by atoms with E-state index in [-0.39, 0.29) is 6.03 Å². The Labute approximate surface area is 110 Å². The summed E-state index contributed by atoms with van der Waals surface area (Å²) in [6.07, 6.45) is 3.87. The number of benzene rings is 1. The fourth-order valence-electron chi connectivity index (χ4n) is 1.50. The maximum Gasteiger partial charge on any atom is 0.323 e. The molecule has 98 valence electrons. The molecule has 0 spiro atoms. The first-order valence-electron chi connectivity index (χ1n) is 5.76. The summed E-state index contributed by atoms with van der Waals surface area (Å²) in [6, 6.07) is 6.59. The van der Waals surface area contributed by atoms with Gasteiger partial charge in [0.1, 0.15) is 6.33 Å². The molecule has 1 aromatic heterocycles. The van der Waals surface area contributed by atoms with E-state index in [0.29, 0.717) is 11.4 Å². The van der Waals surface area contributed by atoms with Gasteiger partial charge in [-0.1, -0.05) is 12.1 Å². The number of anilines is 2. The van der Waals surface area contributed by atoms with Gasteiger partial charge in [-0.25, -0.2) is 14.8 Å². The Morgan fingerprint density at radius 3 is 2.26 bits per heavy atom. The molecule has 0 saturated carbocycles. The van der Waals surface area contributed by atoms with Gasteiger partial charge < -0.3 is 15.7 Å². The minimum atomic E-state index is -0.524. The number of nitrogens with one attached hydrogen (secondary N) is 2. The second-order valence-electron chi connectivity index (χ2n) is 4.00. The molecular weight excluding hydrogens is 244 g/mol. The first-order valence-corrected chi connectivity index (χ1v) is 5.76. The van der Waals surface area contributed by atoms with Crippen molar-refractivity contribution >= 4 is 17.4 Å². The van der Waals surface area contributed by atoms with Gasteiger partial charge in [-0.2, -0.15) is 0 Å². The van der Waals surface area contributed by atoms with Crippen LogP contribution >= 0.6 is 0 Å². The molecule has 0 aliphatic heterocycles. The van der Waals surface area contributed by atoms with Gasteiger partial charge in [0, 0.05) is 5.69 Å². The first-order chi connectivity index (χ1) is 9.15. The largest absolute Gasteiger partial charge is 0.389 e. The fraction of sp³-hybridized carbons (Fsp3) is 0.154. The molecule has 6 nitrogen and oxygen atoms in total. The topological polar surface area (TPSA) is 87.1 Å². The molecule has 0 aliphatic rings. The van der Waals surface area contributed by atoms with Crippen LogP contribution in [0.1, 0.15) is 18.6 Å². The molecule has 1 aromatic carbocycles. The summed E-state index contributed by atoms with van der Waals surface area (Å²) in [5.74, 6) is 0. The van der Waals surface area contributed by atoms with Crippen molar-refractivity contribution in [1.29, 1.82) is 0 Å². The third-order valence-electron chi connectivity index (χ3n) is 2.47. The molecule has 2 rings (SSSR count). The molecule has 0 radical (unpaired) electrons. The van der Waals surface area contributed by atoms with E-state index in [1.807, 2.05) is 0 Å². The third kappa shape index (κ3) is 3.75. The van der Waals surface area contributed by atoms with Crippen molar-refractivity contribution in [2.75, 3.05) is 10.6 Å². The number of aromatic nitrogens is 2.